The quantitative estimate of drug-likeness (QED) is 0.290. The molecule has 0 saturated carbocycles. The van der Waals surface area contributed by atoms with E-state index < -0.39 is 12.2 Å². The molecule has 12 atom stereocenters. The van der Waals surface area contributed by atoms with Crippen LogP contribution in [0.2, 0.25) is 0 Å². The SMILES string of the molecule is CN1CC[C@@]23C4C5=C[C@@H]1[C@@H]2C=C[C@H](O)[C@@H]3OC4=C(O)C=C5.OC1=C2O[C@H]3[C@@H](O)C=C[C@H]4[C@H]5C=C(C=C1)C2[C@]43CCN5. The highest BCUT2D eigenvalue weighted by Crippen LogP contribution is 2.66. The minimum Gasteiger partial charge on any atom is -0.504 e. The van der Waals surface area contributed by atoms with Gasteiger partial charge in [0.2, 0.25) is 0 Å². The standard InChI is InChI=1S/C17H19NO3.C16H17NO3/c1-18-7-6-17-10-3-5-13(20)16(17)21-15-12(19)4-2-9(14(15)17)8-11(10)18;18-11-3-1-8-7-10-9-2-4-12(19)15-16(9,5-6-17-10)13(8)14(11)20-15/h2-5,8,10-11,13-14,16,19-20H,6-7H2,1H3;1-4,7,9-10,12-13,15,17-19H,5-6H2/t10-,11+,13-,14?,16-,17-;9-,10+,12-,13?,15-,16-/m00/s1. The number of nitrogens with zero attached hydrogens (tertiary/aromatic N) is 1. The van der Waals surface area contributed by atoms with E-state index in [1.807, 2.05) is 24.3 Å². The topological polar surface area (TPSA) is 115 Å². The lowest BCUT2D eigenvalue weighted by Crippen LogP contribution is -2.62. The molecule has 5 N–H and O–H groups in total. The van der Waals surface area contributed by atoms with Crippen molar-refractivity contribution in [3.8, 4) is 0 Å². The van der Waals surface area contributed by atoms with Gasteiger partial charge in [0.1, 0.15) is 35.9 Å². The van der Waals surface area contributed by atoms with Gasteiger partial charge in [-0.05, 0) is 56.3 Å². The summed E-state index contributed by atoms with van der Waals surface area (Å²) in [7, 11) is 2.17. The van der Waals surface area contributed by atoms with Crippen molar-refractivity contribution < 1.29 is 29.9 Å². The van der Waals surface area contributed by atoms with Crippen LogP contribution in [0.4, 0.5) is 0 Å². The molecule has 214 valence electrons. The molecule has 41 heavy (non-hydrogen) atoms. The Balaban J connectivity index is 0.000000117. The molecule has 0 aromatic carbocycles. The maximum absolute atomic E-state index is 10.4. The molecule has 8 nitrogen and oxygen atoms in total. The Morgan fingerprint density at radius 2 is 1.37 bits per heavy atom. The number of hydrogen-bond donors (Lipinski definition) is 5. The average Bonchev–Trinajstić information content (AvgIpc) is 3.50. The second kappa shape index (κ2) is 8.07. The number of likely N-dealkylation sites (N-methyl/N-ethyl adjacent to an activating group) is 1. The van der Waals surface area contributed by atoms with Gasteiger partial charge in [-0.3, -0.25) is 4.90 Å². The molecule has 0 radical (unpaired) electrons. The maximum Gasteiger partial charge on any atom is 0.153 e. The third kappa shape index (κ3) is 2.85. The van der Waals surface area contributed by atoms with Crippen molar-refractivity contribution >= 4 is 0 Å². The fraction of sp³-hybridized carbons (Fsp3) is 0.515. The molecule has 4 fully saturated rings. The van der Waals surface area contributed by atoms with Crippen molar-refractivity contribution in [2.24, 2.45) is 34.5 Å². The molecule has 0 aromatic rings. The van der Waals surface area contributed by atoms with Gasteiger partial charge in [-0.1, -0.05) is 48.6 Å². The van der Waals surface area contributed by atoms with Crippen LogP contribution >= 0.6 is 0 Å². The number of aliphatic hydroxyl groups excluding tert-OH is 4. The van der Waals surface area contributed by atoms with Crippen LogP contribution in [0.15, 0.2) is 94.9 Å². The van der Waals surface area contributed by atoms with Gasteiger partial charge in [-0.2, -0.15) is 0 Å². The van der Waals surface area contributed by atoms with E-state index in [1.54, 1.807) is 12.2 Å². The fourth-order valence-electron chi connectivity index (χ4n) is 10.3. The number of rotatable bonds is 0. The molecule has 4 heterocycles. The number of hydrogen-bond acceptors (Lipinski definition) is 8. The lowest BCUT2D eigenvalue weighted by Gasteiger charge is -2.57. The summed E-state index contributed by atoms with van der Waals surface area (Å²) in [5.74, 6) is 2.65. The van der Waals surface area contributed by atoms with E-state index in [9.17, 15) is 20.4 Å². The van der Waals surface area contributed by atoms with Crippen molar-refractivity contribution in [1.82, 2.24) is 10.2 Å². The first-order valence-electron chi connectivity index (χ1n) is 15.0. The van der Waals surface area contributed by atoms with Gasteiger partial charge >= 0.3 is 0 Å². The van der Waals surface area contributed by atoms with Crippen LogP contribution in [0.1, 0.15) is 12.8 Å². The van der Waals surface area contributed by atoms with Crippen LogP contribution in [0.25, 0.3) is 0 Å². The van der Waals surface area contributed by atoms with E-state index in [0.29, 0.717) is 35.4 Å². The molecule has 10 rings (SSSR count). The fourth-order valence-corrected chi connectivity index (χ4v) is 10.3. The Bertz CT molecular complexity index is 1480. The van der Waals surface area contributed by atoms with Crippen molar-refractivity contribution in [1.29, 1.82) is 0 Å². The summed E-state index contributed by atoms with van der Waals surface area (Å²) in [6.45, 7) is 1.93. The third-order valence-electron chi connectivity index (χ3n) is 11.9. The second-order valence-corrected chi connectivity index (χ2v) is 13.4. The van der Waals surface area contributed by atoms with Crippen LogP contribution in [0.5, 0.6) is 0 Å². The molecule has 10 aliphatic rings. The monoisotopic (exact) mass is 556 g/mol. The first-order valence-corrected chi connectivity index (χ1v) is 15.0. The summed E-state index contributed by atoms with van der Waals surface area (Å²) in [6.07, 6.45) is 20.4. The Morgan fingerprint density at radius 3 is 2.02 bits per heavy atom. The lowest BCUT2D eigenvalue weighted by molar-refractivity contribution is -0.0899. The minimum atomic E-state index is -0.588. The summed E-state index contributed by atoms with van der Waals surface area (Å²) in [4.78, 5) is 2.39. The van der Waals surface area contributed by atoms with Gasteiger partial charge in [0, 0.05) is 34.7 Å². The molecule has 6 aliphatic carbocycles. The largest absolute Gasteiger partial charge is 0.504 e. The third-order valence-corrected chi connectivity index (χ3v) is 11.9. The zero-order chi connectivity index (χ0) is 27.8. The van der Waals surface area contributed by atoms with E-state index >= 15 is 0 Å². The van der Waals surface area contributed by atoms with Gasteiger partial charge in [0.05, 0.1) is 11.8 Å². The maximum atomic E-state index is 10.4. The molecule has 0 amide bonds. The zero-order valence-corrected chi connectivity index (χ0v) is 22.9. The second-order valence-electron chi connectivity index (χ2n) is 13.4. The van der Waals surface area contributed by atoms with E-state index in [4.69, 9.17) is 9.47 Å². The Morgan fingerprint density at radius 1 is 0.780 bits per heavy atom. The summed E-state index contributed by atoms with van der Waals surface area (Å²) in [5.41, 5.74) is 2.24. The predicted octanol–water partition coefficient (Wildman–Crippen LogP) is 2.69. The normalized spacial score (nSPS) is 50.2. The van der Waals surface area contributed by atoms with Gasteiger partial charge in [0.15, 0.2) is 11.5 Å². The van der Waals surface area contributed by atoms with Crippen molar-refractivity contribution in [2.45, 2.75) is 49.3 Å². The van der Waals surface area contributed by atoms with Gasteiger partial charge in [-0.15, -0.1) is 0 Å². The molecule has 2 unspecified atom stereocenters. The highest BCUT2D eigenvalue weighted by molar-refractivity contribution is 5.50. The van der Waals surface area contributed by atoms with E-state index in [0.717, 1.165) is 25.9 Å². The zero-order valence-electron chi connectivity index (χ0n) is 22.9. The Labute approximate surface area is 239 Å². The van der Waals surface area contributed by atoms with Crippen LogP contribution in [0, 0.1) is 34.5 Å². The molecule has 4 bridgehead atoms. The molecule has 4 aliphatic heterocycles. The van der Waals surface area contributed by atoms with Gasteiger partial charge in [0.25, 0.3) is 0 Å². The first-order chi connectivity index (χ1) is 19.8. The Kier molecular flexibility index (Phi) is 4.83. The van der Waals surface area contributed by atoms with Crippen LogP contribution in [-0.2, 0) is 9.47 Å². The van der Waals surface area contributed by atoms with E-state index in [2.05, 4.69) is 41.6 Å². The van der Waals surface area contributed by atoms with Crippen molar-refractivity contribution in [3.05, 3.63) is 94.9 Å². The molecule has 0 aromatic heterocycles. The highest BCUT2D eigenvalue weighted by Gasteiger charge is 2.68. The van der Waals surface area contributed by atoms with E-state index in [1.165, 1.54) is 11.1 Å². The number of nitrogens with one attached hydrogen (secondary N) is 1. The molecule has 2 spiro atoms. The first kappa shape index (κ1) is 24.5. The van der Waals surface area contributed by atoms with Crippen LogP contribution < -0.4 is 5.32 Å². The smallest absolute Gasteiger partial charge is 0.153 e. The minimum absolute atomic E-state index is 0.0976. The summed E-state index contributed by atoms with van der Waals surface area (Å²) in [5, 5.41) is 44.8. The molecule has 4 saturated heterocycles. The predicted molar refractivity (Wildman–Crippen MR) is 150 cm³/mol. The number of ether oxygens (including phenoxy) is 2. The summed E-state index contributed by atoms with van der Waals surface area (Å²) >= 11 is 0. The molecular formula is C33H36N2O6. The van der Waals surface area contributed by atoms with Gasteiger partial charge in [-0.25, -0.2) is 0 Å². The summed E-state index contributed by atoms with van der Waals surface area (Å²) in [6, 6.07) is 0.651. The number of likely N-dealkylation sites (tertiary alicyclic amines) is 1. The van der Waals surface area contributed by atoms with Crippen molar-refractivity contribution in [3.63, 3.8) is 0 Å². The van der Waals surface area contributed by atoms with E-state index in [-0.39, 0.29) is 46.4 Å². The highest BCUT2D eigenvalue weighted by atomic mass is 16.5. The van der Waals surface area contributed by atoms with Crippen LogP contribution in [0.3, 0.4) is 0 Å². The molecular weight excluding hydrogens is 520 g/mol. The number of allylic oxidation sites excluding steroid dienone is 6. The average molecular weight is 557 g/mol. The number of aliphatic hydroxyl groups is 4. The molecule has 8 heteroatoms. The lowest BCUT2D eigenvalue weighted by atomic mass is 9.51. The van der Waals surface area contributed by atoms with Crippen LogP contribution in [-0.4, -0.2) is 82.0 Å². The van der Waals surface area contributed by atoms with Gasteiger partial charge < -0.3 is 35.2 Å². The Hall–Kier alpha value is -3.04. The van der Waals surface area contributed by atoms with Crippen molar-refractivity contribution in [2.75, 3.05) is 20.1 Å². The number of piperidine rings is 2. The summed E-state index contributed by atoms with van der Waals surface area (Å²) < 4.78 is 12.2.